The molecule has 2 N–H and O–H groups in total. The highest BCUT2D eigenvalue weighted by molar-refractivity contribution is 6.31. The topological polar surface area (TPSA) is 44.4 Å². The molecule has 0 radical (unpaired) electrons. The van der Waals surface area contributed by atoms with Crippen LogP contribution in [0.2, 0.25) is 5.02 Å². The molecule has 1 aromatic carbocycles. The number of hydrogen-bond acceptors (Lipinski definition) is 3. The Labute approximate surface area is 143 Å². The minimum atomic E-state index is 0. The van der Waals surface area contributed by atoms with Crippen molar-refractivity contribution in [3.05, 3.63) is 28.8 Å². The molecule has 2 fully saturated rings. The predicted octanol–water partition coefficient (Wildman–Crippen LogP) is 2.55. The van der Waals surface area contributed by atoms with Crippen LogP contribution in [-0.4, -0.2) is 43.5 Å². The van der Waals surface area contributed by atoms with Crippen LogP contribution in [0.4, 0.5) is 5.69 Å². The van der Waals surface area contributed by atoms with E-state index in [0.29, 0.717) is 17.5 Å². The quantitative estimate of drug-likeness (QED) is 0.886. The fourth-order valence-corrected chi connectivity index (χ4v) is 3.55. The molecular formula is C16H23Cl2N3O. The summed E-state index contributed by atoms with van der Waals surface area (Å²) in [7, 11) is 0. The van der Waals surface area contributed by atoms with E-state index in [9.17, 15) is 4.79 Å². The second kappa shape index (κ2) is 7.64. The van der Waals surface area contributed by atoms with Crippen LogP contribution < -0.4 is 10.6 Å². The van der Waals surface area contributed by atoms with Crippen LogP contribution in [0.25, 0.3) is 0 Å². The zero-order chi connectivity index (χ0) is 14.8. The second-order valence-corrected chi connectivity index (χ2v) is 6.65. The fraction of sp³-hybridized carbons (Fsp3) is 0.562. The highest BCUT2D eigenvalue weighted by Crippen LogP contribution is 2.26. The monoisotopic (exact) mass is 343 g/mol. The van der Waals surface area contributed by atoms with Crippen molar-refractivity contribution < 1.29 is 4.79 Å². The van der Waals surface area contributed by atoms with E-state index in [1.165, 1.54) is 6.42 Å². The van der Waals surface area contributed by atoms with Crippen molar-refractivity contribution in [1.29, 1.82) is 0 Å². The van der Waals surface area contributed by atoms with Gasteiger partial charge in [-0.3, -0.25) is 9.69 Å². The third-order valence-corrected chi connectivity index (χ3v) is 4.86. The smallest absolute Gasteiger partial charge is 0.238 e. The van der Waals surface area contributed by atoms with Crippen LogP contribution in [0.1, 0.15) is 12.0 Å². The summed E-state index contributed by atoms with van der Waals surface area (Å²) in [6, 6.07) is 5.57. The van der Waals surface area contributed by atoms with Gasteiger partial charge in [0.1, 0.15) is 0 Å². The highest BCUT2D eigenvalue weighted by atomic mass is 35.5. The Balaban J connectivity index is 0.00000176. The molecule has 1 amide bonds. The zero-order valence-electron chi connectivity index (χ0n) is 12.8. The van der Waals surface area contributed by atoms with Crippen LogP contribution in [0.5, 0.6) is 0 Å². The van der Waals surface area contributed by atoms with Crippen molar-refractivity contribution in [3.8, 4) is 0 Å². The van der Waals surface area contributed by atoms with Crippen LogP contribution in [0.3, 0.4) is 0 Å². The Kier molecular flexibility index (Phi) is 6.09. The Morgan fingerprint density at radius 1 is 1.41 bits per heavy atom. The highest BCUT2D eigenvalue weighted by Gasteiger charge is 2.33. The first-order valence-electron chi connectivity index (χ1n) is 7.61. The van der Waals surface area contributed by atoms with Crippen LogP contribution in [0, 0.1) is 18.8 Å². The molecule has 2 aliphatic heterocycles. The largest absolute Gasteiger partial charge is 0.325 e. The van der Waals surface area contributed by atoms with E-state index in [0.717, 1.165) is 43.3 Å². The lowest BCUT2D eigenvalue weighted by atomic mass is 9.89. The van der Waals surface area contributed by atoms with E-state index >= 15 is 0 Å². The van der Waals surface area contributed by atoms with Gasteiger partial charge in [-0.2, -0.15) is 0 Å². The molecule has 2 aliphatic rings. The Morgan fingerprint density at radius 2 is 2.18 bits per heavy atom. The molecular weight excluding hydrogens is 321 g/mol. The van der Waals surface area contributed by atoms with Crippen LogP contribution in [-0.2, 0) is 4.79 Å². The van der Waals surface area contributed by atoms with E-state index in [1.807, 2.05) is 25.1 Å². The third kappa shape index (κ3) is 4.13. The number of nitrogens with zero attached hydrogens (tertiary/aromatic N) is 1. The fourth-order valence-electron chi connectivity index (χ4n) is 3.38. The average Bonchev–Trinajstić information content (AvgIpc) is 2.90. The van der Waals surface area contributed by atoms with Gasteiger partial charge >= 0.3 is 0 Å². The molecule has 22 heavy (non-hydrogen) atoms. The van der Waals surface area contributed by atoms with Crippen LogP contribution in [0.15, 0.2) is 18.2 Å². The minimum Gasteiger partial charge on any atom is -0.325 e. The van der Waals surface area contributed by atoms with Gasteiger partial charge in [-0.25, -0.2) is 0 Å². The van der Waals surface area contributed by atoms with E-state index in [2.05, 4.69) is 15.5 Å². The summed E-state index contributed by atoms with van der Waals surface area (Å²) >= 11 is 5.98. The number of rotatable bonds is 3. The number of likely N-dealkylation sites (tertiary alicyclic amines) is 1. The molecule has 4 nitrogen and oxygen atoms in total. The summed E-state index contributed by atoms with van der Waals surface area (Å²) in [5, 5.41) is 7.07. The lowest BCUT2D eigenvalue weighted by Crippen LogP contribution is -2.43. The van der Waals surface area contributed by atoms with Gasteiger partial charge in [-0.1, -0.05) is 17.7 Å². The Morgan fingerprint density at radius 3 is 3.00 bits per heavy atom. The van der Waals surface area contributed by atoms with Gasteiger partial charge in [0.15, 0.2) is 0 Å². The molecule has 0 bridgehead atoms. The molecule has 2 heterocycles. The normalized spacial score (nSPS) is 24.5. The number of piperidine rings is 1. The molecule has 0 saturated carbocycles. The predicted molar refractivity (Wildman–Crippen MR) is 93.0 cm³/mol. The number of fused-ring (bicyclic) bond motifs is 1. The van der Waals surface area contributed by atoms with Crippen molar-refractivity contribution in [2.24, 2.45) is 11.8 Å². The molecule has 122 valence electrons. The third-order valence-electron chi connectivity index (χ3n) is 4.63. The van der Waals surface area contributed by atoms with Gasteiger partial charge in [-0.15, -0.1) is 12.4 Å². The van der Waals surface area contributed by atoms with Crippen molar-refractivity contribution in [3.63, 3.8) is 0 Å². The van der Waals surface area contributed by atoms with E-state index in [-0.39, 0.29) is 18.3 Å². The summed E-state index contributed by atoms with van der Waals surface area (Å²) in [4.78, 5) is 14.5. The number of nitrogens with one attached hydrogen (secondary N) is 2. The van der Waals surface area contributed by atoms with Gasteiger partial charge in [0, 0.05) is 17.3 Å². The first kappa shape index (κ1) is 17.5. The molecule has 0 spiro atoms. The molecule has 2 saturated heterocycles. The summed E-state index contributed by atoms with van der Waals surface area (Å²) in [5.74, 6) is 1.56. The maximum atomic E-state index is 12.2. The SMILES string of the molecule is Cc1ccc(Cl)cc1NC(=O)CN1CCC2CNCC2C1.Cl. The van der Waals surface area contributed by atoms with E-state index < -0.39 is 0 Å². The first-order valence-corrected chi connectivity index (χ1v) is 7.98. The number of anilines is 1. The number of amides is 1. The Hall–Kier alpha value is -0.810. The summed E-state index contributed by atoms with van der Waals surface area (Å²) < 4.78 is 0. The molecule has 0 aromatic heterocycles. The second-order valence-electron chi connectivity index (χ2n) is 6.21. The molecule has 2 atom stereocenters. The van der Waals surface area contributed by atoms with Gasteiger partial charge in [0.2, 0.25) is 5.91 Å². The first-order chi connectivity index (χ1) is 10.1. The number of carbonyl (C=O) groups is 1. The number of hydrogen-bond donors (Lipinski definition) is 2. The molecule has 2 unspecified atom stereocenters. The molecule has 6 heteroatoms. The van der Waals surface area contributed by atoms with Gasteiger partial charge in [0.25, 0.3) is 0 Å². The maximum absolute atomic E-state index is 12.2. The van der Waals surface area contributed by atoms with E-state index in [1.54, 1.807) is 0 Å². The molecule has 1 aromatic rings. The standard InChI is InChI=1S/C16H22ClN3O.ClH/c1-11-2-3-14(17)6-15(11)19-16(21)10-20-5-4-12-7-18-8-13(12)9-20;/h2-3,6,12-13,18H,4-5,7-10H2,1H3,(H,19,21);1H. The van der Waals surface area contributed by atoms with Gasteiger partial charge < -0.3 is 10.6 Å². The molecule has 3 rings (SSSR count). The lowest BCUT2D eigenvalue weighted by molar-refractivity contribution is -0.117. The van der Waals surface area contributed by atoms with Crippen molar-refractivity contribution in [2.45, 2.75) is 13.3 Å². The number of halogens is 2. The zero-order valence-corrected chi connectivity index (χ0v) is 14.3. The number of carbonyl (C=O) groups excluding carboxylic acids is 1. The van der Waals surface area contributed by atoms with Crippen molar-refractivity contribution in [2.75, 3.05) is 38.0 Å². The number of aryl methyl sites for hydroxylation is 1. The van der Waals surface area contributed by atoms with Gasteiger partial charge in [0.05, 0.1) is 6.54 Å². The average molecular weight is 344 g/mol. The summed E-state index contributed by atoms with van der Waals surface area (Å²) in [6.07, 6.45) is 1.20. The lowest BCUT2D eigenvalue weighted by Gasteiger charge is -2.33. The van der Waals surface area contributed by atoms with Crippen LogP contribution >= 0.6 is 24.0 Å². The minimum absolute atomic E-state index is 0. The Bertz CT molecular complexity index is 538. The summed E-state index contributed by atoms with van der Waals surface area (Å²) in [6.45, 7) is 6.73. The summed E-state index contributed by atoms with van der Waals surface area (Å²) in [5.41, 5.74) is 1.84. The van der Waals surface area contributed by atoms with E-state index in [4.69, 9.17) is 11.6 Å². The maximum Gasteiger partial charge on any atom is 0.238 e. The van der Waals surface area contributed by atoms with Crippen molar-refractivity contribution >= 4 is 35.6 Å². The molecule has 0 aliphatic carbocycles. The van der Waals surface area contributed by atoms with Crippen molar-refractivity contribution in [1.82, 2.24) is 10.2 Å². The van der Waals surface area contributed by atoms with Gasteiger partial charge in [-0.05, 0) is 62.5 Å². The number of benzene rings is 1.